The molecule has 0 saturated heterocycles. The second-order valence-corrected chi connectivity index (χ2v) is 3.87. The van der Waals surface area contributed by atoms with Gasteiger partial charge >= 0.3 is 11.9 Å². The Morgan fingerprint density at radius 1 is 0.833 bits per heavy atom. The van der Waals surface area contributed by atoms with Gasteiger partial charge in [0.2, 0.25) is 0 Å². The Labute approximate surface area is 106 Å². The zero-order valence-corrected chi connectivity index (χ0v) is 10.8. The van der Waals surface area contributed by atoms with E-state index in [1.165, 1.54) is 13.8 Å². The molecule has 0 saturated carbocycles. The monoisotopic (exact) mass is 254 g/mol. The fourth-order valence-electron chi connectivity index (χ4n) is 0.887. The number of carbonyl (C=O) groups is 3. The maximum absolute atomic E-state index is 11.3. The fourth-order valence-corrected chi connectivity index (χ4v) is 0.887. The fraction of sp³-hybridized carbons (Fsp3) is 0.462. The lowest BCUT2D eigenvalue weighted by atomic mass is 10.2. The highest BCUT2D eigenvalue weighted by Gasteiger charge is 2.08. The molecule has 0 amide bonds. The number of ketones is 1. The molecule has 18 heavy (non-hydrogen) atoms. The minimum atomic E-state index is -0.517. The van der Waals surface area contributed by atoms with Gasteiger partial charge in [0.1, 0.15) is 5.78 Å². The van der Waals surface area contributed by atoms with E-state index in [0.717, 1.165) is 0 Å². The van der Waals surface area contributed by atoms with Crippen molar-refractivity contribution < 1.29 is 23.9 Å². The van der Waals surface area contributed by atoms with Crippen molar-refractivity contribution in [1.29, 1.82) is 0 Å². The van der Waals surface area contributed by atoms with Crippen molar-refractivity contribution in [2.24, 2.45) is 0 Å². The minimum Gasteiger partial charge on any atom is -0.462 e. The first-order chi connectivity index (χ1) is 8.34. The first-order valence-corrected chi connectivity index (χ1v) is 5.51. The topological polar surface area (TPSA) is 69.7 Å². The summed E-state index contributed by atoms with van der Waals surface area (Å²) >= 11 is 0. The number of Topliss-reactive ketones (excluding diaryl/α,β-unsaturated/α-hetero) is 1. The summed E-state index contributed by atoms with van der Waals surface area (Å²) < 4.78 is 9.52. The zero-order valence-electron chi connectivity index (χ0n) is 10.8. The summed E-state index contributed by atoms with van der Waals surface area (Å²) in [5.41, 5.74) is 0.579. The summed E-state index contributed by atoms with van der Waals surface area (Å²) in [5.74, 6) is -1.17. The molecular weight excluding hydrogens is 236 g/mol. The average molecular weight is 254 g/mol. The molecule has 0 aromatic carbocycles. The van der Waals surface area contributed by atoms with E-state index in [1.54, 1.807) is 0 Å². The molecule has 0 atom stereocenters. The van der Waals surface area contributed by atoms with E-state index in [9.17, 15) is 14.4 Å². The van der Waals surface area contributed by atoms with Crippen LogP contribution in [0, 0.1) is 0 Å². The van der Waals surface area contributed by atoms with E-state index in [1.807, 2.05) is 0 Å². The van der Waals surface area contributed by atoms with Crippen LogP contribution >= 0.6 is 0 Å². The smallest absolute Gasteiger partial charge is 0.333 e. The first kappa shape index (κ1) is 16.1. The lowest BCUT2D eigenvalue weighted by Gasteiger charge is -2.05. The van der Waals surface area contributed by atoms with Gasteiger partial charge in [0, 0.05) is 24.0 Å². The van der Waals surface area contributed by atoms with Crippen molar-refractivity contribution in [3.8, 4) is 0 Å². The predicted molar refractivity (Wildman–Crippen MR) is 65.8 cm³/mol. The molecule has 0 aliphatic rings. The van der Waals surface area contributed by atoms with Crippen LogP contribution in [-0.2, 0) is 23.9 Å². The van der Waals surface area contributed by atoms with Crippen LogP contribution in [-0.4, -0.2) is 30.9 Å². The number of carbonyl (C=O) groups excluding carboxylic acids is 3. The largest absolute Gasteiger partial charge is 0.462 e. The van der Waals surface area contributed by atoms with Gasteiger partial charge in [-0.05, 0) is 13.8 Å². The molecule has 0 aliphatic carbocycles. The third kappa shape index (κ3) is 7.38. The van der Waals surface area contributed by atoms with E-state index in [0.29, 0.717) is 0 Å². The summed E-state index contributed by atoms with van der Waals surface area (Å²) in [7, 11) is 0. The third-order valence-corrected chi connectivity index (χ3v) is 1.93. The van der Waals surface area contributed by atoms with Crippen LogP contribution in [0.2, 0.25) is 0 Å². The maximum Gasteiger partial charge on any atom is 0.333 e. The van der Waals surface area contributed by atoms with Crippen LogP contribution in [0.1, 0.15) is 26.7 Å². The van der Waals surface area contributed by atoms with E-state index in [2.05, 4.69) is 13.2 Å². The summed E-state index contributed by atoms with van der Waals surface area (Å²) in [6.45, 7) is 9.91. The van der Waals surface area contributed by atoms with Gasteiger partial charge in [-0.25, -0.2) is 9.59 Å². The molecule has 5 heteroatoms. The lowest BCUT2D eigenvalue weighted by Crippen LogP contribution is -2.13. The Morgan fingerprint density at radius 2 is 1.17 bits per heavy atom. The Bertz CT molecular complexity index is 334. The SMILES string of the molecule is C=C(C)C(=O)OCCC(=O)CCOC(=O)C(=C)C. The molecule has 0 bridgehead atoms. The number of ether oxygens (including phenoxy) is 2. The van der Waals surface area contributed by atoms with Gasteiger partial charge in [-0.1, -0.05) is 13.2 Å². The second-order valence-electron chi connectivity index (χ2n) is 3.87. The van der Waals surface area contributed by atoms with Crippen LogP contribution in [0.3, 0.4) is 0 Å². The summed E-state index contributed by atoms with van der Waals surface area (Å²) in [6.07, 6.45) is 0.202. The molecule has 0 spiro atoms. The number of rotatable bonds is 8. The van der Waals surface area contributed by atoms with Gasteiger partial charge in [0.05, 0.1) is 13.2 Å². The quantitative estimate of drug-likeness (QED) is 0.486. The number of esters is 2. The van der Waals surface area contributed by atoms with E-state index < -0.39 is 11.9 Å². The molecular formula is C13H18O5. The molecule has 0 unspecified atom stereocenters. The number of hydrogen-bond acceptors (Lipinski definition) is 5. The van der Waals surface area contributed by atoms with Crippen LogP contribution in [0.25, 0.3) is 0 Å². The Kier molecular flexibility index (Phi) is 7.35. The van der Waals surface area contributed by atoms with E-state index in [4.69, 9.17) is 9.47 Å². The van der Waals surface area contributed by atoms with Crippen LogP contribution in [0.15, 0.2) is 24.3 Å². The standard InChI is InChI=1S/C13H18O5/c1-9(2)12(15)17-7-5-11(14)6-8-18-13(16)10(3)4/h1,3,5-8H2,2,4H3. The van der Waals surface area contributed by atoms with Crippen LogP contribution in [0.5, 0.6) is 0 Å². The highest BCUT2D eigenvalue weighted by atomic mass is 16.5. The highest BCUT2D eigenvalue weighted by Crippen LogP contribution is 1.98. The minimum absolute atomic E-state index is 0.0129. The molecule has 0 aliphatic heterocycles. The van der Waals surface area contributed by atoms with Crippen molar-refractivity contribution >= 4 is 17.7 Å². The molecule has 0 N–H and O–H groups in total. The number of hydrogen-bond donors (Lipinski definition) is 0. The molecule has 0 fully saturated rings. The van der Waals surface area contributed by atoms with Crippen molar-refractivity contribution in [2.75, 3.05) is 13.2 Å². The van der Waals surface area contributed by atoms with Gasteiger partial charge in [-0.2, -0.15) is 0 Å². The van der Waals surface area contributed by atoms with Gasteiger partial charge in [-0.15, -0.1) is 0 Å². The summed E-state index contributed by atoms with van der Waals surface area (Å²) in [6, 6.07) is 0. The Morgan fingerprint density at radius 3 is 1.44 bits per heavy atom. The second kappa shape index (κ2) is 8.22. The maximum atomic E-state index is 11.3. The Hall–Kier alpha value is -1.91. The van der Waals surface area contributed by atoms with Crippen molar-refractivity contribution in [1.82, 2.24) is 0 Å². The lowest BCUT2D eigenvalue weighted by molar-refractivity contribution is -0.140. The Balaban J connectivity index is 3.67. The summed E-state index contributed by atoms with van der Waals surface area (Å²) in [4.78, 5) is 33.3. The van der Waals surface area contributed by atoms with Gasteiger partial charge in [0.15, 0.2) is 0 Å². The molecule has 0 rings (SSSR count). The molecule has 0 aromatic rings. The van der Waals surface area contributed by atoms with Crippen LogP contribution in [0.4, 0.5) is 0 Å². The van der Waals surface area contributed by atoms with Crippen molar-refractivity contribution in [2.45, 2.75) is 26.7 Å². The third-order valence-electron chi connectivity index (χ3n) is 1.93. The molecule has 100 valence electrons. The zero-order chi connectivity index (χ0) is 14.1. The van der Waals surface area contributed by atoms with Crippen LogP contribution < -0.4 is 0 Å². The van der Waals surface area contributed by atoms with E-state index >= 15 is 0 Å². The van der Waals surface area contributed by atoms with E-state index in [-0.39, 0.29) is 43.0 Å². The normalized spacial score (nSPS) is 9.44. The van der Waals surface area contributed by atoms with Crippen molar-refractivity contribution in [3.05, 3.63) is 24.3 Å². The van der Waals surface area contributed by atoms with Gasteiger partial charge in [-0.3, -0.25) is 4.79 Å². The first-order valence-electron chi connectivity index (χ1n) is 5.51. The molecule has 0 aromatic heterocycles. The molecule has 5 nitrogen and oxygen atoms in total. The summed E-state index contributed by atoms with van der Waals surface area (Å²) in [5, 5.41) is 0. The predicted octanol–water partition coefficient (Wildman–Crippen LogP) is 1.57. The average Bonchev–Trinajstić information content (AvgIpc) is 2.28. The molecule has 0 heterocycles. The molecule has 0 radical (unpaired) electrons. The van der Waals surface area contributed by atoms with Gasteiger partial charge < -0.3 is 9.47 Å². The highest BCUT2D eigenvalue weighted by molar-refractivity contribution is 5.88. The van der Waals surface area contributed by atoms with Gasteiger partial charge in [0.25, 0.3) is 0 Å². The van der Waals surface area contributed by atoms with Crippen molar-refractivity contribution in [3.63, 3.8) is 0 Å².